The molecule has 8 heteroatoms. The van der Waals surface area contributed by atoms with Crippen LogP contribution in [0.25, 0.3) is 5.69 Å². The molecule has 0 bridgehead atoms. The number of halogens is 3. The van der Waals surface area contributed by atoms with Crippen LogP contribution in [-0.2, 0) is 5.75 Å². The summed E-state index contributed by atoms with van der Waals surface area (Å²) in [5.41, 5.74) is -1.42. The van der Waals surface area contributed by atoms with Gasteiger partial charge in [0.05, 0.1) is 0 Å². The normalized spacial score (nSPS) is 10.7. The Morgan fingerprint density at radius 2 is 1.95 bits per heavy atom. The molecule has 4 nitrogen and oxygen atoms in total. The van der Waals surface area contributed by atoms with Crippen LogP contribution in [0.15, 0.2) is 23.0 Å². The van der Waals surface area contributed by atoms with Crippen molar-refractivity contribution in [1.29, 1.82) is 0 Å². The Kier molecular flexibility index (Phi) is 3.52. The van der Waals surface area contributed by atoms with Crippen molar-refractivity contribution in [1.82, 2.24) is 9.78 Å². The third-order valence-electron chi connectivity index (χ3n) is 2.38. The first-order valence-corrected chi connectivity index (χ1v) is 5.66. The summed E-state index contributed by atoms with van der Waals surface area (Å²) in [4.78, 5) is 11.6. The Morgan fingerprint density at radius 3 is 2.58 bits per heavy atom. The number of thiol groups is 1. The first-order chi connectivity index (χ1) is 8.95. The number of rotatable bonds is 2. The van der Waals surface area contributed by atoms with Gasteiger partial charge in [-0.1, -0.05) is 0 Å². The van der Waals surface area contributed by atoms with Gasteiger partial charge in [-0.25, -0.2) is 13.2 Å². The van der Waals surface area contributed by atoms with Gasteiger partial charge >= 0.3 is 0 Å². The van der Waals surface area contributed by atoms with Gasteiger partial charge in [0.2, 0.25) is 0 Å². The van der Waals surface area contributed by atoms with Crippen molar-refractivity contribution < 1.29 is 18.3 Å². The molecular formula is C11H7F3N2O2S. The molecule has 0 fully saturated rings. The Bertz CT molecular complexity index is 703. The van der Waals surface area contributed by atoms with Crippen LogP contribution in [0.1, 0.15) is 5.69 Å². The van der Waals surface area contributed by atoms with E-state index in [-0.39, 0.29) is 11.4 Å². The molecule has 100 valence electrons. The summed E-state index contributed by atoms with van der Waals surface area (Å²) in [5, 5.41) is 13.0. The van der Waals surface area contributed by atoms with Crippen LogP contribution in [-0.4, -0.2) is 14.9 Å². The number of aromatic hydroxyl groups is 1. The van der Waals surface area contributed by atoms with Crippen molar-refractivity contribution in [3.63, 3.8) is 0 Å². The molecule has 1 aromatic heterocycles. The summed E-state index contributed by atoms with van der Waals surface area (Å²) in [5.74, 6) is -5.03. The van der Waals surface area contributed by atoms with E-state index in [1.54, 1.807) is 0 Å². The highest BCUT2D eigenvalue weighted by atomic mass is 32.1. The number of benzene rings is 1. The Balaban J connectivity index is 2.72. The fourth-order valence-corrected chi connectivity index (χ4v) is 1.67. The molecule has 0 saturated heterocycles. The van der Waals surface area contributed by atoms with Gasteiger partial charge in [-0.2, -0.15) is 22.4 Å². The monoisotopic (exact) mass is 288 g/mol. The summed E-state index contributed by atoms with van der Waals surface area (Å²) in [6.07, 6.45) is 0. The lowest BCUT2D eigenvalue weighted by Gasteiger charge is -2.09. The Labute approximate surface area is 110 Å². The zero-order chi connectivity index (χ0) is 14.2. The molecule has 0 saturated carbocycles. The van der Waals surface area contributed by atoms with E-state index in [9.17, 15) is 23.1 Å². The van der Waals surface area contributed by atoms with Gasteiger partial charge in [-0.05, 0) is 12.1 Å². The highest BCUT2D eigenvalue weighted by Gasteiger charge is 2.17. The molecule has 0 aliphatic rings. The maximum Gasteiger partial charge on any atom is 0.275 e. The van der Waals surface area contributed by atoms with Crippen molar-refractivity contribution in [3.8, 4) is 11.4 Å². The SMILES string of the molecule is O=c1cc(O)c(CS)nn1-c1ccc(F)c(F)c1F. The van der Waals surface area contributed by atoms with Crippen LogP contribution in [0.2, 0.25) is 0 Å². The van der Waals surface area contributed by atoms with Gasteiger partial charge in [-0.15, -0.1) is 0 Å². The van der Waals surface area contributed by atoms with Crippen molar-refractivity contribution in [2.24, 2.45) is 0 Å². The van der Waals surface area contributed by atoms with Gasteiger partial charge in [0, 0.05) is 11.8 Å². The fraction of sp³-hybridized carbons (Fsp3) is 0.0909. The molecule has 19 heavy (non-hydrogen) atoms. The number of hydrogen-bond donors (Lipinski definition) is 2. The second kappa shape index (κ2) is 4.96. The van der Waals surface area contributed by atoms with E-state index >= 15 is 0 Å². The van der Waals surface area contributed by atoms with E-state index in [1.807, 2.05) is 0 Å². The van der Waals surface area contributed by atoms with E-state index < -0.39 is 34.4 Å². The summed E-state index contributed by atoms with van der Waals surface area (Å²) >= 11 is 3.87. The maximum absolute atomic E-state index is 13.6. The minimum atomic E-state index is -1.70. The lowest BCUT2D eigenvalue weighted by Crippen LogP contribution is -2.23. The van der Waals surface area contributed by atoms with Gasteiger partial charge in [0.1, 0.15) is 17.1 Å². The third-order valence-corrected chi connectivity index (χ3v) is 2.68. The quantitative estimate of drug-likeness (QED) is 0.654. The summed E-state index contributed by atoms with van der Waals surface area (Å²) in [7, 11) is 0. The van der Waals surface area contributed by atoms with Gasteiger partial charge < -0.3 is 5.11 Å². The zero-order valence-corrected chi connectivity index (χ0v) is 10.2. The first-order valence-electron chi connectivity index (χ1n) is 5.02. The molecule has 1 aromatic carbocycles. The van der Waals surface area contributed by atoms with E-state index in [0.29, 0.717) is 10.7 Å². The fourth-order valence-electron chi connectivity index (χ4n) is 1.45. The number of hydrogen-bond acceptors (Lipinski definition) is 4. The lowest BCUT2D eigenvalue weighted by atomic mass is 10.2. The first kappa shape index (κ1) is 13.5. The predicted molar refractivity (Wildman–Crippen MR) is 64.1 cm³/mol. The summed E-state index contributed by atoms with van der Waals surface area (Å²) in [6.45, 7) is 0. The number of nitrogens with zero attached hydrogens (tertiary/aromatic N) is 2. The molecule has 0 radical (unpaired) electrons. The van der Waals surface area contributed by atoms with Crippen LogP contribution < -0.4 is 5.56 Å². The Hall–Kier alpha value is -1.96. The molecule has 1 heterocycles. The van der Waals surface area contributed by atoms with Crippen LogP contribution in [0, 0.1) is 17.5 Å². The van der Waals surface area contributed by atoms with Gasteiger partial charge in [0.15, 0.2) is 17.5 Å². The third kappa shape index (κ3) is 2.30. The average Bonchev–Trinajstić information content (AvgIpc) is 2.37. The lowest BCUT2D eigenvalue weighted by molar-refractivity contribution is 0.439. The average molecular weight is 288 g/mol. The molecule has 0 aliphatic heterocycles. The summed E-state index contributed by atoms with van der Waals surface area (Å²) < 4.78 is 40.0. The van der Waals surface area contributed by atoms with Crippen molar-refractivity contribution >= 4 is 12.6 Å². The highest BCUT2D eigenvalue weighted by molar-refractivity contribution is 7.79. The minimum Gasteiger partial charge on any atom is -0.506 e. The molecule has 1 N–H and O–H groups in total. The van der Waals surface area contributed by atoms with E-state index in [4.69, 9.17) is 0 Å². The Morgan fingerprint density at radius 1 is 1.26 bits per heavy atom. The molecule has 2 rings (SSSR count). The minimum absolute atomic E-state index is 0.00654. The largest absolute Gasteiger partial charge is 0.506 e. The van der Waals surface area contributed by atoms with E-state index in [1.165, 1.54) is 0 Å². The summed E-state index contributed by atoms with van der Waals surface area (Å²) in [6, 6.07) is 2.34. The predicted octanol–water partition coefficient (Wildman–Crippen LogP) is 1.79. The van der Waals surface area contributed by atoms with Gasteiger partial charge in [0.25, 0.3) is 5.56 Å². The topological polar surface area (TPSA) is 55.1 Å². The molecule has 0 spiro atoms. The van der Waals surface area contributed by atoms with E-state index in [0.717, 1.165) is 12.1 Å². The maximum atomic E-state index is 13.6. The van der Waals surface area contributed by atoms with Crippen molar-refractivity contribution in [2.75, 3.05) is 0 Å². The molecular weight excluding hydrogens is 281 g/mol. The molecule has 2 aromatic rings. The second-order valence-corrected chi connectivity index (χ2v) is 3.90. The highest BCUT2D eigenvalue weighted by Crippen LogP contribution is 2.19. The molecule has 0 aliphatic carbocycles. The van der Waals surface area contributed by atoms with Crippen LogP contribution in [0.4, 0.5) is 13.2 Å². The zero-order valence-electron chi connectivity index (χ0n) is 9.27. The van der Waals surface area contributed by atoms with Crippen molar-refractivity contribution in [2.45, 2.75) is 5.75 Å². The molecule has 0 atom stereocenters. The molecule has 0 unspecified atom stereocenters. The van der Waals surface area contributed by atoms with Gasteiger partial charge in [-0.3, -0.25) is 4.79 Å². The van der Waals surface area contributed by atoms with E-state index in [2.05, 4.69) is 17.7 Å². The van der Waals surface area contributed by atoms with Crippen LogP contribution in [0.3, 0.4) is 0 Å². The number of aromatic nitrogens is 2. The van der Waals surface area contributed by atoms with Crippen molar-refractivity contribution in [3.05, 3.63) is 51.7 Å². The van der Waals surface area contributed by atoms with Crippen LogP contribution >= 0.6 is 12.6 Å². The smallest absolute Gasteiger partial charge is 0.275 e. The standard InChI is InChI=1S/C11H7F3N2O2S/c12-5-1-2-7(11(14)10(5)13)16-9(18)3-8(17)6(4-19)15-16/h1-3,17,19H,4H2. The second-order valence-electron chi connectivity index (χ2n) is 3.58. The molecule has 0 amide bonds. The van der Waals surface area contributed by atoms with Crippen LogP contribution in [0.5, 0.6) is 5.75 Å².